The van der Waals surface area contributed by atoms with Gasteiger partial charge in [-0.25, -0.2) is 4.39 Å². The van der Waals surface area contributed by atoms with Crippen LogP contribution in [0.15, 0.2) is 10.8 Å². The first kappa shape index (κ1) is 8.18. The molecule has 0 fully saturated rings. The quantitative estimate of drug-likeness (QED) is 0.735. The molecule has 0 spiro atoms. The fraction of sp³-hybridized carbons (Fsp3) is 0.286. The molecule has 0 aromatic carbocycles. The van der Waals surface area contributed by atoms with Crippen LogP contribution in [-0.4, -0.2) is 0 Å². The van der Waals surface area contributed by atoms with Crippen molar-refractivity contribution in [2.24, 2.45) is 5.73 Å². The smallest absolute Gasteiger partial charge is 0.138 e. The minimum absolute atomic E-state index is 0.160. The molecule has 2 N–H and O–H groups in total. The maximum absolute atomic E-state index is 12.7. The van der Waals surface area contributed by atoms with E-state index >= 15 is 0 Å². The van der Waals surface area contributed by atoms with Crippen molar-refractivity contribution in [3.63, 3.8) is 0 Å². The third-order valence-corrected chi connectivity index (χ3v) is 2.09. The molecule has 0 aliphatic heterocycles. The zero-order chi connectivity index (χ0) is 8.27. The second-order valence-electron chi connectivity index (χ2n) is 2.14. The molecular weight excluding hydrogens is 163 g/mol. The average Bonchev–Trinajstić information content (AvgIpc) is 2.36. The minimum atomic E-state index is -0.480. The van der Waals surface area contributed by atoms with E-state index in [-0.39, 0.29) is 12.2 Å². The number of halogens is 1. The average molecular weight is 170 g/mol. The molecule has 1 aromatic heterocycles. The zero-order valence-corrected chi connectivity index (χ0v) is 6.57. The van der Waals surface area contributed by atoms with Crippen LogP contribution in [0.2, 0.25) is 0 Å². The van der Waals surface area contributed by atoms with Gasteiger partial charge < -0.3 is 5.73 Å². The highest BCUT2D eigenvalue weighted by molar-refractivity contribution is 7.08. The molecule has 0 aliphatic carbocycles. The van der Waals surface area contributed by atoms with Crippen LogP contribution in [0.25, 0.3) is 0 Å². The largest absolute Gasteiger partial charge is 0.323 e. The van der Waals surface area contributed by atoms with Gasteiger partial charge in [0.15, 0.2) is 0 Å². The van der Waals surface area contributed by atoms with E-state index in [4.69, 9.17) is 11.0 Å². The Balaban J connectivity index is 2.77. The molecule has 0 saturated heterocycles. The lowest BCUT2D eigenvalue weighted by atomic mass is 10.1. The number of thiophene rings is 1. The Morgan fingerprint density at radius 3 is 2.91 bits per heavy atom. The van der Waals surface area contributed by atoms with Crippen molar-refractivity contribution in [1.82, 2.24) is 0 Å². The number of rotatable bonds is 2. The van der Waals surface area contributed by atoms with Gasteiger partial charge in [-0.15, -0.1) is 11.3 Å². The Morgan fingerprint density at radius 1 is 1.73 bits per heavy atom. The third-order valence-electron chi connectivity index (χ3n) is 1.35. The van der Waals surface area contributed by atoms with Crippen LogP contribution in [0.4, 0.5) is 4.39 Å². The minimum Gasteiger partial charge on any atom is -0.323 e. The predicted octanol–water partition coefficient (Wildman–Crippen LogP) is 1.80. The second-order valence-corrected chi connectivity index (χ2v) is 2.89. The van der Waals surface area contributed by atoms with Crippen molar-refractivity contribution in [3.05, 3.63) is 22.1 Å². The van der Waals surface area contributed by atoms with Gasteiger partial charge >= 0.3 is 0 Å². The molecule has 1 aromatic rings. The number of hydrogen-bond acceptors (Lipinski definition) is 3. The molecule has 0 bridgehead atoms. The van der Waals surface area contributed by atoms with E-state index in [0.717, 1.165) is 0 Å². The summed E-state index contributed by atoms with van der Waals surface area (Å²) in [7, 11) is 0. The summed E-state index contributed by atoms with van der Waals surface area (Å²) in [6, 6.07) is 1.42. The molecule has 0 saturated carbocycles. The standard InChI is InChI=1S/C7H7FN2S/c8-6-4-11-3-5(6)7(10)1-2-9/h3-4,7H,1,10H2/t7-/m1/s1. The van der Waals surface area contributed by atoms with Gasteiger partial charge in [-0.2, -0.15) is 5.26 Å². The monoisotopic (exact) mass is 170 g/mol. The maximum Gasteiger partial charge on any atom is 0.138 e. The van der Waals surface area contributed by atoms with Gasteiger partial charge in [0.2, 0.25) is 0 Å². The summed E-state index contributed by atoms with van der Waals surface area (Å²) in [5.41, 5.74) is 5.94. The fourth-order valence-corrected chi connectivity index (χ4v) is 1.52. The fourth-order valence-electron chi connectivity index (χ4n) is 0.764. The highest BCUT2D eigenvalue weighted by Crippen LogP contribution is 2.20. The Bertz CT molecular complexity index is 276. The van der Waals surface area contributed by atoms with Crippen molar-refractivity contribution >= 4 is 11.3 Å². The summed E-state index contributed by atoms with van der Waals surface area (Å²) in [6.07, 6.45) is 0.160. The van der Waals surface area contributed by atoms with Crippen LogP contribution in [-0.2, 0) is 0 Å². The van der Waals surface area contributed by atoms with Gasteiger partial charge in [-0.05, 0) is 5.38 Å². The molecule has 1 heterocycles. The summed E-state index contributed by atoms with van der Waals surface area (Å²) < 4.78 is 12.7. The Morgan fingerprint density at radius 2 is 2.45 bits per heavy atom. The van der Waals surface area contributed by atoms with Crippen LogP contribution in [0.5, 0.6) is 0 Å². The van der Waals surface area contributed by atoms with Crippen LogP contribution >= 0.6 is 11.3 Å². The lowest BCUT2D eigenvalue weighted by Gasteiger charge is -2.03. The van der Waals surface area contributed by atoms with Gasteiger partial charge in [0.1, 0.15) is 5.82 Å². The van der Waals surface area contributed by atoms with E-state index in [1.807, 2.05) is 6.07 Å². The van der Waals surface area contributed by atoms with Crippen molar-refractivity contribution in [2.45, 2.75) is 12.5 Å². The SMILES string of the molecule is N#CC[C@@H](N)c1cscc1F. The molecular formula is C7H7FN2S. The van der Waals surface area contributed by atoms with Gasteiger partial charge in [-0.1, -0.05) is 0 Å². The molecule has 2 nitrogen and oxygen atoms in total. The van der Waals surface area contributed by atoms with Crippen LogP contribution in [0, 0.1) is 17.1 Å². The van der Waals surface area contributed by atoms with Gasteiger partial charge in [-0.3, -0.25) is 0 Å². The van der Waals surface area contributed by atoms with E-state index in [9.17, 15) is 4.39 Å². The maximum atomic E-state index is 12.7. The van der Waals surface area contributed by atoms with Gasteiger partial charge in [0.05, 0.1) is 12.5 Å². The number of hydrogen-bond donors (Lipinski definition) is 1. The van der Waals surface area contributed by atoms with Crippen LogP contribution < -0.4 is 5.73 Å². The molecule has 0 amide bonds. The number of nitrogens with zero attached hydrogens (tertiary/aromatic N) is 1. The van der Waals surface area contributed by atoms with E-state index in [1.54, 1.807) is 5.38 Å². The first-order valence-corrected chi connectivity index (χ1v) is 4.04. The molecule has 0 aliphatic rings. The lowest BCUT2D eigenvalue weighted by molar-refractivity contribution is 0.592. The van der Waals surface area contributed by atoms with Crippen molar-refractivity contribution < 1.29 is 4.39 Å². The Labute approximate surface area is 68.1 Å². The Kier molecular flexibility index (Phi) is 2.58. The molecule has 1 atom stereocenters. The van der Waals surface area contributed by atoms with Crippen LogP contribution in [0.1, 0.15) is 18.0 Å². The Hall–Kier alpha value is -0.920. The van der Waals surface area contributed by atoms with E-state index < -0.39 is 6.04 Å². The van der Waals surface area contributed by atoms with Crippen molar-refractivity contribution in [2.75, 3.05) is 0 Å². The second kappa shape index (κ2) is 3.46. The molecule has 0 radical (unpaired) electrons. The first-order valence-electron chi connectivity index (χ1n) is 3.10. The van der Waals surface area contributed by atoms with E-state index in [0.29, 0.717) is 5.56 Å². The molecule has 0 unspecified atom stereocenters. The number of nitrogens with two attached hydrogens (primary N) is 1. The lowest BCUT2D eigenvalue weighted by Crippen LogP contribution is -2.09. The molecule has 4 heteroatoms. The van der Waals surface area contributed by atoms with Crippen LogP contribution in [0.3, 0.4) is 0 Å². The summed E-state index contributed by atoms with van der Waals surface area (Å²) >= 11 is 1.26. The highest BCUT2D eigenvalue weighted by atomic mass is 32.1. The highest BCUT2D eigenvalue weighted by Gasteiger charge is 2.10. The molecule has 1 rings (SSSR count). The topological polar surface area (TPSA) is 49.8 Å². The summed E-state index contributed by atoms with van der Waals surface area (Å²) in [6.45, 7) is 0. The van der Waals surface area contributed by atoms with Gasteiger partial charge in [0.25, 0.3) is 0 Å². The van der Waals surface area contributed by atoms with Crippen molar-refractivity contribution in [1.29, 1.82) is 5.26 Å². The first-order chi connectivity index (χ1) is 5.25. The van der Waals surface area contributed by atoms with Crippen molar-refractivity contribution in [3.8, 4) is 6.07 Å². The zero-order valence-electron chi connectivity index (χ0n) is 5.75. The van der Waals surface area contributed by atoms with E-state index in [2.05, 4.69) is 0 Å². The molecule has 58 valence electrons. The summed E-state index contributed by atoms with van der Waals surface area (Å²) in [5, 5.41) is 11.3. The van der Waals surface area contributed by atoms with E-state index in [1.165, 1.54) is 16.7 Å². The van der Waals surface area contributed by atoms with Gasteiger partial charge in [0, 0.05) is 17.0 Å². The predicted molar refractivity (Wildman–Crippen MR) is 41.4 cm³/mol. The summed E-state index contributed by atoms with van der Waals surface area (Å²) in [4.78, 5) is 0. The number of nitriles is 1. The molecule has 11 heavy (non-hydrogen) atoms. The third kappa shape index (κ3) is 1.76. The summed E-state index contributed by atoms with van der Waals surface area (Å²) in [5.74, 6) is -0.308. The normalized spacial score (nSPS) is 12.5.